The highest BCUT2D eigenvalue weighted by atomic mass is 35.5. The molecule has 1 aliphatic carbocycles. The summed E-state index contributed by atoms with van der Waals surface area (Å²) < 4.78 is 0. The Kier molecular flexibility index (Phi) is 6.63. The average Bonchev–Trinajstić information content (AvgIpc) is 2.71. The number of carbonyl (C=O) groups excluding carboxylic acids is 2. The molecule has 2 amide bonds. The summed E-state index contributed by atoms with van der Waals surface area (Å²) in [5.74, 6) is -0.184. The molecule has 5 nitrogen and oxygen atoms in total. The van der Waals surface area contributed by atoms with Crippen LogP contribution in [0.4, 0.5) is 0 Å². The fraction of sp³-hybridized carbons (Fsp3) is 0.556. The van der Waals surface area contributed by atoms with Crippen molar-refractivity contribution in [1.82, 2.24) is 10.2 Å². The van der Waals surface area contributed by atoms with Crippen molar-refractivity contribution >= 4 is 24.2 Å². The fourth-order valence-corrected chi connectivity index (χ4v) is 3.61. The second-order valence-electron chi connectivity index (χ2n) is 6.57. The number of nitrogens with one attached hydrogen (secondary N) is 1. The lowest BCUT2D eigenvalue weighted by Crippen LogP contribution is -2.47. The van der Waals surface area contributed by atoms with E-state index >= 15 is 0 Å². The molecule has 1 aliphatic heterocycles. The van der Waals surface area contributed by atoms with Crippen molar-refractivity contribution in [3.8, 4) is 0 Å². The van der Waals surface area contributed by atoms with Gasteiger partial charge < -0.3 is 16.0 Å². The van der Waals surface area contributed by atoms with Crippen molar-refractivity contribution in [1.29, 1.82) is 0 Å². The Morgan fingerprint density at radius 2 is 2.00 bits per heavy atom. The topological polar surface area (TPSA) is 75.4 Å². The van der Waals surface area contributed by atoms with Crippen LogP contribution < -0.4 is 11.1 Å². The maximum absolute atomic E-state index is 12.4. The molecule has 3 rings (SSSR count). The quantitative estimate of drug-likeness (QED) is 0.873. The number of amides is 2. The summed E-state index contributed by atoms with van der Waals surface area (Å²) in [6.45, 7) is 0.742. The van der Waals surface area contributed by atoms with E-state index in [0.29, 0.717) is 13.0 Å². The van der Waals surface area contributed by atoms with Gasteiger partial charge in [-0.05, 0) is 49.7 Å². The second-order valence-corrected chi connectivity index (χ2v) is 6.57. The van der Waals surface area contributed by atoms with Gasteiger partial charge in [0.15, 0.2) is 0 Å². The largest absolute Gasteiger partial charge is 0.348 e. The molecule has 0 aromatic heterocycles. The molecule has 0 bridgehead atoms. The highest BCUT2D eigenvalue weighted by Crippen LogP contribution is 2.29. The van der Waals surface area contributed by atoms with Crippen LogP contribution in [0.2, 0.25) is 0 Å². The zero-order valence-electron chi connectivity index (χ0n) is 13.9. The predicted octanol–water partition coefficient (Wildman–Crippen LogP) is 1.94. The van der Waals surface area contributed by atoms with Crippen LogP contribution in [0, 0.1) is 0 Å². The summed E-state index contributed by atoms with van der Waals surface area (Å²) in [4.78, 5) is 26.2. The van der Waals surface area contributed by atoms with Gasteiger partial charge in [-0.15, -0.1) is 12.4 Å². The lowest BCUT2D eigenvalue weighted by Gasteiger charge is -2.28. The molecule has 1 saturated heterocycles. The van der Waals surface area contributed by atoms with Crippen LogP contribution in [0.15, 0.2) is 24.3 Å². The fourth-order valence-electron chi connectivity index (χ4n) is 3.61. The molecule has 0 saturated carbocycles. The first-order chi connectivity index (χ1) is 11.1. The Hall–Kier alpha value is -1.59. The van der Waals surface area contributed by atoms with Gasteiger partial charge in [0.2, 0.25) is 11.8 Å². The molecule has 1 aromatic carbocycles. The number of aryl methyl sites for hydroxylation is 1. The third-order valence-electron chi connectivity index (χ3n) is 4.86. The first-order valence-corrected chi connectivity index (χ1v) is 8.56. The van der Waals surface area contributed by atoms with Crippen LogP contribution in [0.25, 0.3) is 0 Å². The van der Waals surface area contributed by atoms with E-state index < -0.39 is 6.04 Å². The van der Waals surface area contributed by atoms with Crippen LogP contribution in [0.5, 0.6) is 0 Å². The third kappa shape index (κ3) is 4.28. The molecule has 0 radical (unpaired) electrons. The first kappa shape index (κ1) is 18.7. The van der Waals surface area contributed by atoms with E-state index in [4.69, 9.17) is 5.73 Å². The van der Waals surface area contributed by atoms with Gasteiger partial charge in [0.1, 0.15) is 0 Å². The highest BCUT2D eigenvalue weighted by Gasteiger charge is 2.27. The van der Waals surface area contributed by atoms with E-state index in [1.807, 2.05) is 12.1 Å². The minimum absolute atomic E-state index is 0. The van der Waals surface area contributed by atoms with Gasteiger partial charge in [-0.2, -0.15) is 0 Å². The maximum Gasteiger partial charge on any atom is 0.240 e. The number of benzene rings is 1. The van der Waals surface area contributed by atoms with E-state index in [1.165, 1.54) is 11.1 Å². The van der Waals surface area contributed by atoms with E-state index in [9.17, 15) is 9.59 Å². The van der Waals surface area contributed by atoms with Crippen molar-refractivity contribution in [2.45, 2.75) is 50.6 Å². The summed E-state index contributed by atoms with van der Waals surface area (Å²) in [6.07, 6.45) is 5.68. The number of rotatable bonds is 3. The van der Waals surface area contributed by atoms with E-state index in [-0.39, 0.29) is 36.8 Å². The Morgan fingerprint density at radius 3 is 2.83 bits per heavy atom. The number of hydrogen-bond donors (Lipinski definition) is 2. The Labute approximate surface area is 149 Å². The molecule has 1 heterocycles. The number of nitrogens with zero attached hydrogens (tertiary/aromatic N) is 1. The Bertz CT molecular complexity index is 593. The number of carbonyl (C=O) groups is 2. The van der Waals surface area contributed by atoms with E-state index in [2.05, 4.69) is 17.4 Å². The lowest BCUT2D eigenvalue weighted by molar-refractivity contribution is -0.136. The predicted molar refractivity (Wildman–Crippen MR) is 95.9 cm³/mol. The van der Waals surface area contributed by atoms with Gasteiger partial charge >= 0.3 is 0 Å². The summed E-state index contributed by atoms with van der Waals surface area (Å²) in [5, 5.41) is 3.10. The van der Waals surface area contributed by atoms with Crippen LogP contribution in [0.1, 0.15) is 49.3 Å². The Balaban J connectivity index is 0.00000208. The van der Waals surface area contributed by atoms with Crippen molar-refractivity contribution in [2.24, 2.45) is 5.73 Å². The van der Waals surface area contributed by atoms with Crippen molar-refractivity contribution in [3.63, 3.8) is 0 Å². The van der Waals surface area contributed by atoms with Crippen LogP contribution in [-0.4, -0.2) is 35.8 Å². The van der Waals surface area contributed by atoms with Crippen LogP contribution in [-0.2, 0) is 16.0 Å². The Morgan fingerprint density at radius 1 is 1.21 bits per heavy atom. The number of fused-ring (bicyclic) bond motifs is 1. The molecule has 2 aliphatic rings. The molecule has 1 aromatic rings. The van der Waals surface area contributed by atoms with Crippen molar-refractivity contribution < 1.29 is 9.59 Å². The lowest BCUT2D eigenvalue weighted by atomic mass is 9.88. The maximum atomic E-state index is 12.4. The number of hydrogen-bond acceptors (Lipinski definition) is 3. The van der Waals surface area contributed by atoms with Gasteiger partial charge in [0.05, 0.1) is 18.6 Å². The van der Waals surface area contributed by atoms with Gasteiger partial charge in [-0.1, -0.05) is 24.3 Å². The zero-order valence-corrected chi connectivity index (χ0v) is 14.7. The van der Waals surface area contributed by atoms with Crippen LogP contribution >= 0.6 is 12.4 Å². The number of nitrogens with two attached hydrogens (primary N) is 1. The minimum Gasteiger partial charge on any atom is -0.348 e. The monoisotopic (exact) mass is 351 g/mol. The number of halogens is 1. The molecular weight excluding hydrogens is 326 g/mol. The van der Waals surface area contributed by atoms with Crippen LogP contribution in [0.3, 0.4) is 0 Å². The van der Waals surface area contributed by atoms with E-state index in [1.54, 1.807) is 4.90 Å². The van der Waals surface area contributed by atoms with Gasteiger partial charge in [0.25, 0.3) is 0 Å². The normalized spacial score (nSPS) is 23.7. The molecule has 132 valence electrons. The average molecular weight is 352 g/mol. The molecule has 2 unspecified atom stereocenters. The zero-order chi connectivity index (χ0) is 16.2. The minimum atomic E-state index is -0.458. The van der Waals surface area contributed by atoms with Crippen molar-refractivity contribution in [2.75, 3.05) is 13.1 Å². The molecule has 6 heteroatoms. The molecule has 0 spiro atoms. The molecule has 24 heavy (non-hydrogen) atoms. The SMILES string of the molecule is Cl.NC1CCCCN(CC(=O)NC2CCCc3ccccc32)C1=O. The summed E-state index contributed by atoms with van der Waals surface area (Å²) in [5.41, 5.74) is 8.40. The molecule has 1 fully saturated rings. The molecular formula is C18H26ClN3O2. The standard InChI is InChI=1S/C18H25N3O2.ClH/c19-15-9-3-4-11-21(18(15)23)12-17(22)20-16-10-5-7-13-6-1-2-8-14(13)16;/h1-2,6,8,15-16H,3-5,7,9-12,19H2,(H,20,22);1H. The summed E-state index contributed by atoms with van der Waals surface area (Å²) in [6, 6.07) is 7.88. The number of likely N-dealkylation sites (tertiary alicyclic amines) is 1. The summed E-state index contributed by atoms with van der Waals surface area (Å²) in [7, 11) is 0. The van der Waals surface area contributed by atoms with Gasteiger partial charge in [-0.25, -0.2) is 0 Å². The van der Waals surface area contributed by atoms with Crippen molar-refractivity contribution in [3.05, 3.63) is 35.4 Å². The van der Waals surface area contributed by atoms with Gasteiger partial charge in [0, 0.05) is 6.54 Å². The summed E-state index contributed by atoms with van der Waals surface area (Å²) >= 11 is 0. The molecule has 2 atom stereocenters. The third-order valence-corrected chi connectivity index (χ3v) is 4.86. The van der Waals surface area contributed by atoms with Gasteiger partial charge in [-0.3, -0.25) is 9.59 Å². The first-order valence-electron chi connectivity index (χ1n) is 8.56. The molecule has 3 N–H and O–H groups in total. The second kappa shape index (κ2) is 8.49. The van der Waals surface area contributed by atoms with E-state index in [0.717, 1.165) is 32.1 Å². The highest BCUT2D eigenvalue weighted by molar-refractivity contribution is 5.87. The smallest absolute Gasteiger partial charge is 0.240 e.